The summed E-state index contributed by atoms with van der Waals surface area (Å²) in [5.74, 6) is 0. The van der Waals surface area contributed by atoms with Gasteiger partial charge in [0, 0.05) is 32.7 Å². The molecule has 0 aliphatic heterocycles. The summed E-state index contributed by atoms with van der Waals surface area (Å²) in [6.45, 7) is 17.1. The highest BCUT2D eigenvalue weighted by Crippen LogP contribution is 2.44. The maximum absolute atomic E-state index is 11.6. The molecule has 0 radical (unpaired) electrons. The summed E-state index contributed by atoms with van der Waals surface area (Å²) in [5, 5.41) is 45.7. The molecule has 75 heavy (non-hydrogen) atoms. The van der Waals surface area contributed by atoms with E-state index in [-0.39, 0.29) is 0 Å². The first-order valence-electron chi connectivity index (χ1n) is 24.0. The van der Waals surface area contributed by atoms with Crippen molar-refractivity contribution in [3.8, 4) is 91.3 Å². The van der Waals surface area contributed by atoms with Crippen molar-refractivity contribution in [3.05, 3.63) is 251 Å². The van der Waals surface area contributed by atoms with Crippen molar-refractivity contribution in [2.75, 3.05) is 0 Å². The predicted molar refractivity (Wildman–Crippen MR) is 298 cm³/mol. The Kier molecular flexibility index (Phi) is 10.9. The predicted octanol–water partition coefficient (Wildman–Crippen LogP) is 17.1. The molecule has 8 nitrogen and oxygen atoms in total. The van der Waals surface area contributed by atoms with E-state index in [1.165, 1.54) is 0 Å². The maximum Gasteiger partial charge on any atom is 0.187 e. The Balaban J connectivity index is 1.20. The zero-order chi connectivity index (χ0) is 51.3. The highest BCUT2D eigenvalue weighted by Gasteiger charge is 2.24. The Morgan fingerprint density at radius 2 is 0.693 bits per heavy atom. The van der Waals surface area contributed by atoms with Gasteiger partial charge in [-0.3, -0.25) is 0 Å². The van der Waals surface area contributed by atoms with Crippen molar-refractivity contribution in [2.45, 2.75) is 6.92 Å². The van der Waals surface area contributed by atoms with Gasteiger partial charge in [-0.05, 0) is 124 Å². The topological polar surface area (TPSA) is 114 Å². The molecule has 0 N–H and O–H groups in total. The maximum atomic E-state index is 11.6. The van der Waals surface area contributed by atoms with Crippen LogP contribution in [0.2, 0.25) is 0 Å². The van der Waals surface area contributed by atoms with E-state index in [1.54, 1.807) is 0 Å². The van der Waals surface area contributed by atoms with Crippen LogP contribution in [0.4, 0.5) is 11.4 Å². The van der Waals surface area contributed by atoms with Crippen molar-refractivity contribution in [1.29, 1.82) is 21.0 Å². The summed E-state index contributed by atoms with van der Waals surface area (Å²) in [6.07, 6.45) is 0. The van der Waals surface area contributed by atoms with Gasteiger partial charge in [0.05, 0.1) is 87.0 Å². The van der Waals surface area contributed by atoms with Gasteiger partial charge < -0.3 is 9.13 Å². The Morgan fingerprint density at radius 1 is 0.333 bits per heavy atom. The van der Waals surface area contributed by atoms with Crippen molar-refractivity contribution < 1.29 is 0 Å². The first-order chi connectivity index (χ1) is 36.8. The number of fused-ring (bicyclic) bond motifs is 6. The quantitative estimate of drug-likeness (QED) is 0.148. The second-order valence-electron chi connectivity index (χ2n) is 18.5. The van der Waals surface area contributed by atoms with E-state index in [4.69, 9.17) is 13.1 Å². The third-order valence-corrected chi connectivity index (χ3v) is 14.2. The van der Waals surface area contributed by atoms with E-state index in [2.05, 4.69) is 122 Å². The lowest BCUT2D eigenvalue weighted by Gasteiger charge is -2.20. The molecule has 0 aliphatic carbocycles. The molecule has 0 atom stereocenters. The number of benzene rings is 10. The van der Waals surface area contributed by atoms with Gasteiger partial charge in [-0.2, -0.15) is 21.0 Å². The number of hydrogen-bond donors (Lipinski definition) is 0. The third kappa shape index (κ3) is 7.67. The monoisotopic (exact) mass is 952 g/mol. The minimum Gasteiger partial charge on any atom is -0.309 e. The zero-order valence-electron chi connectivity index (χ0n) is 40.1. The number of nitrogens with zero attached hydrogens (tertiary/aromatic N) is 8. The highest BCUT2D eigenvalue weighted by molar-refractivity contribution is 6.13. The standard InChI is InChI=1S/C67H36N8/c1-41-4-25-56(52(30-41)39-70)61-36-62(74-63-31-48(44-9-5-42(37-68)6-10-44)17-26-57(63)58-27-19-50(32-64(58)74)46-13-21-54(72-2)22-14-46)53(40-71)35-67(61)75-65-33-49(45-11-7-43(38-69)8-12-45)18-28-59(65)60-29-20-51(34-66(60)75)47-15-23-55(73-3)24-16-47/h4-36H,1H3. The minimum absolute atomic E-state index is 0.387. The molecule has 0 spiro atoms. The van der Waals surface area contributed by atoms with Crippen LogP contribution in [-0.4, -0.2) is 9.13 Å². The lowest BCUT2D eigenvalue weighted by Crippen LogP contribution is -2.05. The third-order valence-electron chi connectivity index (χ3n) is 14.2. The van der Waals surface area contributed by atoms with E-state index >= 15 is 0 Å². The van der Waals surface area contributed by atoms with Gasteiger partial charge in [0.2, 0.25) is 0 Å². The van der Waals surface area contributed by atoms with Crippen molar-refractivity contribution in [3.63, 3.8) is 0 Å². The van der Waals surface area contributed by atoms with Crippen molar-refractivity contribution >= 4 is 55.0 Å². The summed E-state index contributed by atoms with van der Waals surface area (Å²) < 4.78 is 4.36. The Hall–Kier alpha value is -11.3. The van der Waals surface area contributed by atoms with Gasteiger partial charge in [-0.1, -0.05) is 133 Å². The number of rotatable bonds is 7. The molecule has 8 heteroatoms. The van der Waals surface area contributed by atoms with Gasteiger partial charge in [0.15, 0.2) is 11.4 Å². The lowest BCUT2D eigenvalue weighted by molar-refractivity contribution is 1.13. The molecule has 2 aromatic heterocycles. The van der Waals surface area contributed by atoms with Crippen LogP contribution in [0, 0.1) is 65.4 Å². The summed E-state index contributed by atoms with van der Waals surface area (Å²) in [4.78, 5) is 7.24. The summed E-state index contributed by atoms with van der Waals surface area (Å²) in [5.41, 5.74) is 17.6. The molecule has 344 valence electrons. The van der Waals surface area contributed by atoms with Crippen molar-refractivity contribution in [1.82, 2.24) is 9.13 Å². The Bertz CT molecular complexity index is 4400. The van der Waals surface area contributed by atoms with Crippen molar-refractivity contribution in [2.24, 2.45) is 0 Å². The molecule has 0 unspecified atom stereocenters. The normalized spacial score (nSPS) is 10.9. The number of aryl methyl sites for hydroxylation is 1. The zero-order valence-corrected chi connectivity index (χ0v) is 40.1. The van der Waals surface area contributed by atoms with Crippen LogP contribution in [0.3, 0.4) is 0 Å². The van der Waals surface area contributed by atoms with Gasteiger partial charge in [0.25, 0.3) is 0 Å². The molecule has 0 saturated carbocycles. The first-order valence-corrected chi connectivity index (χ1v) is 24.0. The van der Waals surface area contributed by atoms with Crippen LogP contribution in [-0.2, 0) is 0 Å². The van der Waals surface area contributed by atoms with E-state index in [1.807, 2.05) is 128 Å². The molecule has 0 fully saturated rings. The fourth-order valence-electron chi connectivity index (χ4n) is 10.4. The average molecular weight is 953 g/mol. The average Bonchev–Trinajstić information content (AvgIpc) is 4.08. The second kappa shape index (κ2) is 18.2. The minimum atomic E-state index is 0.387. The van der Waals surface area contributed by atoms with Crippen LogP contribution < -0.4 is 0 Å². The Morgan fingerprint density at radius 3 is 1.05 bits per heavy atom. The number of aromatic nitrogens is 2. The molecule has 0 bridgehead atoms. The summed E-state index contributed by atoms with van der Waals surface area (Å²) in [7, 11) is 0. The molecule has 2 heterocycles. The second-order valence-corrected chi connectivity index (χ2v) is 18.5. The van der Waals surface area contributed by atoms with Gasteiger partial charge in [0.1, 0.15) is 6.07 Å². The van der Waals surface area contributed by atoms with Crippen LogP contribution in [0.25, 0.3) is 120 Å². The molecule has 0 aliphatic rings. The first kappa shape index (κ1) is 44.9. The van der Waals surface area contributed by atoms with Gasteiger partial charge >= 0.3 is 0 Å². The summed E-state index contributed by atoms with van der Waals surface area (Å²) in [6, 6.07) is 75.0. The van der Waals surface area contributed by atoms with Crippen LogP contribution in [0.1, 0.15) is 27.8 Å². The molecule has 10 aromatic carbocycles. The van der Waals surface area contributed by atoms with E-state index < -0.39 is 0 Å². The molecule has 0 amide bonds. The van der Waals surface area contributed by atoms with Crippen LogP contribution in [0.5, 0.6) is 0 Å². The largest absolute Gasteiger partial charge is 0.309 e. The number of hydrogen-bond acceptors (Lipinski definition) is 4. The fraction of sp³-hybridized carbons (Fsp3) is 0.0149. The van der Waals surface area contributed by atoms with Crippen LogP contribution in [0.15, 0.2) is 200 Å². The molecule has 12 aromatic rings. The molecular formula is C67H36N8. The molecular weight excluding hydrogens is 917 g/mol. The van der Waals surface area contributed by atoms with Gasteiger partial charge in [-0.25, -0.2) is 9.69 Å². The molecule has 12 rings (SSSR count). The van der Waals surface area contributed by atoms with Gasteiger partial charge in [-0.15, -0.1) is 0 Å². The van der Waals surface area contributed by atoms with E-state index in [0.29, 0.717) is 50.6 Å². The SMILES string of the molecule is [C-]#[N+]c1ccc(-c2ccc3c4ccc(-c5ccc(C#N)cc5)cc4n(-c4cc(-c5ccc(C)cc5C#N)c(-n5c6cc(-c7ccc(C#N)cc7)ccc6c6ccc(-c7ccc([N+]#[C-])cc7)cc65)cc4C#N)c3c2)cc1. The fourth-order valence-corrected chi connectivity index (χ4v) is 10.4. The molecule has 0 saturated heterocycles. The lowest BCUT2D eigenvalue weighted by atomic mass is 9.94. The van der Waals surface area contributed by atoms with E-state index in [0.717, 1.165) is 99.2 Å². The summed E-state index contributed by atoms with van der Waals surface area (Å²) >= 11 is 0. The Labute approximate surface area is 432 Å². The smallest absolute Gasteiger partial charge is 0.187 e. The van der Waals surface area contributed by atoms with E-state index in [9.17, 15) is 21.0 Å². The highest BCUT2D eigenvalue weighted by atomic mass is 15.0. The van der Waals surface area contributed by atoms with Crippen LogP contribution >= 0.6 is 0 Å². The number of nitriles is 4.